The molecule has 328 valence electrons. The van der Waals surface area contributed by atoms with Gasteiger partial charge < -0.3 is 45.1 Å². The Hall–Kier alpha value is -5.14. The van der Waals surface area contributed by atoms with Crippen LogP contribution in [0.3, 0.4) is 0 Å². The quantitative estimate of drug-likeness (QED) is 0.0742. The average Bonchev–Trinajstić information content (AvgIpc) is 3.84. The monoisotopic (exact) mass is 848 g/mol. The lowest BCUT2D eigenvalue weighted by atomic mass is 9.94. The van der Waals surface area contributed by atoms with E-state index in [-0.39, 0.29) is 67.8 Å². The van der Waals surface area contributed by atoms with Crippen molar-refractivity contribution < 1.29 is 51.4 Å². The fourth-order valence-electron chi connectivity index (χ4n) is 7.02. The number of hydrogen-bond donors (Lipinski definition) is 5. The van der Waals surface area contributed by atoms with Gasteiger partial charge in [0.1, 0.15) is 34.6 Å². The number of benzene rings is 1. The van der Waals surface area contributed by atoms with E-state index in [0.29, 0.717) is 29.7 Å². The van der Waals surface area contributed by atoms with Crippen molar-refractivity contribution in [2.75, 3.05) is 13.1 Å². The van der Waals surface area contributed by atoms with E-state index < -0.39 is 69.0 Å². The number of aliphatic carboxylic acids is 1. The Morgan fingerprint density at radius 1 is 1.00 bits per heavy atom. The van der Waals surface area contributed by atoms with Gasteiger partial charge in [0.25, 0.3) is 10.0 Å². The first kappa shape index (κ1) is 46.5. The second-order valence-electron chi connectivity index (χ2n) is 17.6. The summed E-state index contributed by atoms with van der Waals surface area (Å²) in [5, 5.41) is 19.2. The maximum Gasteiger partial charge on any atom is 0.408 e. The number of urea groups is 1. The zero-order valence-electron chi connectivity index (χ0n) is 35.9. The number of nitrogens with two attached hydrogens (primary N) is 1. The third-order valence-electron chi connectivity index (χ3n) is 9.64. The van der Waals surface area contributed by atoms with E-state index >= 15 is 0 Å². The van der Waals surface area contributed by atoms with Crippen LogP contribution < -0.4 is 25.8 Å². The number of nitrogens with zero attached hydrogens (tertiary/aromatic N) is 4. The van der Waals surface area contributed by atoms with Gasteiger partial charge in [0, 0.05) is 31.5 Å². The van der Waals surface area contributed by atoms with Crippen molar-refractivity contribution in [3.63, 3.8) is 0 Å². The molecule has 0 aliphatic carbocycles. The zero-order valence-corrected chi connectivity index (χ0v) is 36.7. The Labute approximate surface area is 345 Å². The zero-order chi connectivity index (χ0) is 44.2. The largest absolute Gasteiger partial charge is 0.487 e. The normalized spacial score (nSPS) is 17.7. The minimum absolute atomic E-state index is 0.00506. The number of carboxylic acid groups (broad SMARTS) is 1. The molecule has 59 heavy (non-hydrogen) atoms. The standard InChI is InChI=1S/C39H60N8O11S/c1-21-22(2)30(23(3)24-20-39(10,11)56-29(21)24)59(53,54)46-34(40)41-18-12-14-26(42-35(51)47-19-13-15-27(47)33(49)50)32-44-31(45-58-32)25(43-36(52)57-38(7,8)9)16-17-28(48)55-37(4,5)6/h25-27H,12-20H2,1-11H3,(H,42,51)(H,43,52)(H,49,50)(H3,40,41,46)/t25-,26-,27-/m0/s1. The van der Waals surface area contributed by atoms with Crippen LogP contribution in [0.4, 0.5) is 9.59 Å². The summed E-state index contributed by atoms with van der Waals surface area (Å²) in [5.74, 6) is -1.40. The number of sulfonamides is 1. The molecule has 1 saturated heterocycles. The van der Waals surface area contributed by atoms with Crippen molar-refractivity contribution in [3.8, 4) is 5.75 Å². The minimum Gasteiger partial charge on any atom is -0.487 e. The number of amides is 3. The van der Waals surface area contributed by atoms with Gasteiger partial charge in [0.2, 0.25) is 11.9 Å². The molecule has 1 fully saturated rings. The van der Waals surface area contributed by atoms with E-state index in [0.717, 1.165) is 11.1 Å². The highest BCUT2D eigenvalue weighted by Crippen LogP contribution is 2.43. The van der Waals surface area contributed by atoms with Crippen LogP contribution in [0.25, 0.3) is 0 Å². The van der Waals surface area contributed by atoms with Gasteiger partial charge in [-0.25, -0.2) is 27.5 Å². The van der Waals surface area contributed by atoms with Crippen LogP contribution >= 0.6 is 0 Å². The fourth-order valence-corrected chi connectivity index (χ4v) is 8.54. The van der Waals surface area contributed by atoms with Gasteiger partial charge in [-0.3, -0.25) is 9.79 Å². The van der Waals surface area contributed by atoms with Gasteiger partial charge >= 0.3 is 24.1 Å². The number of aromatic nitrogens is 2. The number of nitrogens with one attached hydrogen (secondary N) is 3. The molecule has 0 bridgehead atoms. The van der Waals surface area contributed by atoms with E-state index in [1.807, 2.05) is 20.8 Å². The molecule has 0 unspecified atom stereocenters. The molecule has 20 heteroatoms. The number of likely N-dealkylation sites (tertiary alicyclic amines) is 1. The molecular weight excluding hydrogens is 789 g/mol. The van der Waals surface area contributed by atoms with Gasteiger partial charge in [-0.05, 0) is 125 Å². The Morgan fingerprint density at radius 2 is 1.66 bits per heavy atom. The summed E-state index contributed by atoms with van der Waals surface area (Å²) in [6, 6.07) is -3.65. The van der Waals surface area contributed by atoms with Crippen LogP contribution in [0.5, 0.6) is 5.75 Å². The summed E-state index contributed by atoms with van der Waals surface area (Å²) < 4.78 is 52.3. The number of guanidine groups is 1. The Kier molecular flexibility index (Phi) is 14.2. The molecule has 2 aliphatic heterocycles. The first-order valence-electron chi connectivity index (χ1n) is 19.7. The molecule has 0 spiro atoms. The predicted octanol–water partition coefficient (Wildman–Crippen LogP) is 4.77. The molecule has 1 aromatic carbocycles. The molecule has 3 amide bonds. The molecule has 19 nitrogen and oxygen atoms in total. The van der Waals surface area contributed by atoms with Crippen molar-refractivity contribution in [2.45, 2.75) is 161 Å². The maximum atomic E-state index is 13.7. The van der Waals surface area contributed by atoms with Crippen molar-refractivity contribution in [1.29, 1.82) is 0 Å². The van der Waals surface area contributed by atoms with E-state index in [2.05, 4.69) is 30.5 Å². The van der Waals surface area contributed by atoms with Gasteiger partial charge in [-0.2, -0.15) is 4.98 Å². The smallest absolute Gasteiger partial charge is 0.408 e. The van der Waals surface area contributed by atoms with Crippen molar-refractivity contribution in [3.05, 3.63) is 34.0 Å². The summed E-state index contributed by atoms with van der Waals surface area (Å²) in [4.78, 5) is 60.8. The maximum absolute atomic E-state index is 13.7. The number of rotatable bonds is 14. The van der Waals surface area contributed by atoms with Crippen molar-refractivity contribution >= 4 is 40.0 Å². The van der Waals surface area contributed by atoms with Crippen LogP contribution in [0.15, 0.2) is 14.4 Å². The van der Waals surface area contributed by atoms with Crippen LogP contribution in [-0.4, -0.2) is 94.5 Å². The number of alkyl carbamates (subject to hydrolysis) is 1. The molecule has 3 atom stereocenters. The highest BCUT2D eigenvalue weighted by Gasteiger charge is 2.38. The van der Waals surface area contributed by atoms with Gasteiger partial charge in [-0.1, -0.05) is 5.16 Å². The third kappa shape index (κ3) is 12.4. The third-order valence-corrected chi connectivity index (χ3v) is 11.3. The van der Waals surface area contributed by atoms with E-state index in [1.165, 1.54) is 4.90 Å². The number of esters is 1. The molecule has 4 rings (SSSR count). The minimum atomic E-state index is -4.15. The molecule has 2 aromatic rings. The lowest BCUT2D eigenvalue weighted by Crippen LogP contribution is -2.47. The molecule has 6 N–H and O–H groups in total. The van der Waals surface area contributed by atoms with E-state index in [1.54, 1.807) is 55.4 Å². The predicted molar refractivity (Wildman–Crippen MR) is 215 cm³/mol. The summed E-state index contributed by atoms with van der Waals surface area (Å²) in [6.45, 7) is 19.7. The molecule has 0 saturated carbocycles. The lowest BCUT2D eigenvalue weighted by Gasteiger charge is -2.24. The Morgan fingerprint density at radius 3 is 2.29 bits per heavy atom. The molecule has 1 aromatic heterocycles. The number of carbonyl (C=O) groups excluding carboxylic acids is 3. The summed E-state index contributed by atoms with van der Waals surface area (Å²) in [5.41, 5.74) is 6.71. The second-order valence-corrected chi connectivity index (χ2v) is 19.2. The van der Waals surface area contributed by atoms with Crippen LogP contribution in [0.2, 0.25) is 0 Å². The average molecular weight is 849 g/mol. The van der Waals surface area contributed by atoms with Crippen LogP contribution in [0.1, 0.15) is 140 Å². The number of hydrogen-bond acceptors (Lipinski definition) is 13. The van der Waals surface area contributed by atoms with E-state index in [4.69, 9.17) is 24.5 Å². The SMILES string of the molecule is Cc1c(C)c(S(=O)(=O)NC(N)=NCCC[C@H](NC(=O)N2CCC[C@H]2C(=O)O)c2nc([C@H](CCC(=O)OC(C)(C)C)NC(=O)OC(C)(C)C)no2)c(C)c2c1OC(C)(C)C2. The van der Waals surface area contributed by atoms with Crippen LogP contribution in [0, 0.1) is 20.8 Å². The summed E-state index contributed by atoms with van der Waals surface area (Å²) in [6.07, 6.45) is 0.755. The van der Waals surface area contributed by atoms with Crippen molar-refractivity contribution in [1.82, 2.24) is 30.4 Å². The summed E-state index contributed by atoms with van der Waals surface area (Å²) >= 11 is 0. The molecular formula is C39H60N8O11S. The first-order valence-corrected chi connectivity index (χ1v) is 21.2. The van der Waals surface area contributed by atoms with E-state index in [9.17, 15) is 32.7 Å². The van der Waals surface area contributed by atoms with Gasteiger partial charge in [0.05, 0.1) is 10.9 Å². The molecule has 3 heterocycles. The number of carboxylic acids is 1. The lowest BCUT2D eigenvalue weighted by molar-refractivity contribution is -0.155. The highest BCUT2D eigenvalue weighted by atomic mass is 32.2. The highest BCUT2D eigenvalue weighted by molar-refractivity contribution is 7.90. The summed E-state index contributed by atoms with van der Waals surface area (Å²) in [7, 11) is -4.15. The van der Waals surface area contributed by atoms with Gasteiger partial charge in [0.15, 0.2) is 5.82 Å². The molecule has 0 radical (unpaired) electrons. The number of fused-ring (bicyclic) bond motifs is 1. The Bertz CT molecular complexity index is 2050. The fraction of sp³-hybridized carbons (Fsp3) is 0.667. The van der Waals surface area contributed by atoms with Crippen molar-refractivity contribution in [2.24, 2.45) is 10.7 Å². The van der Waals surface area contributed by atoms with Gasteiger partial charge in [-0.15, -0.1) is 0 Å². The second kappa shape index (κ2) is 18.0. The number of aliphatic imine (C=N–C) groups is 1. The van der Waals surface area contributed by atoms with Crippen LogP contribution in [-0.2, 0) is 35.5 Å². The Balaban J connectivity index is 1.54. The molecule has 2 aliphatic rings. The number of ether oxygens (including phenoxy) is 3. The topological polar surface area (TPSA) is 267 Å². The number of carbonyl (C=O) groups is 4. The first-order chi connectivity index (χ1) is 27.2.